The van der Waals surface area contributed by atoms with Crippen molar-refractivity contribution in [3.8, 4) is 0 Å². The van der Waals surface area contributed by atoms with Crippen LogP contribution in [0.3, 0.4) is 0 Å². The fraction of sp³-hybridized carbons (Fsp3) is 0.238. The van der Waals surface area contributed by atoms with Crippen molar-refractivity contribution in [2.24, 2.45) is 0 Å². The van der Waals surface area contributed by atoms with Crippen molar-refractivity contribution in [2.45, 2.75) is 0 Å². The van der Waals surface area contributed by atoms with E-state index in [9.17, 15) is 9.59 Å². The second-order valence-corrected chi connectivity index (χ2v) is 6.75. The largest absolute Gasteiger partial charge is 0.368 e. The van der Waals surface area contributed by atoms with Crippen LogP contribution in [0.4, 0.5) is 5.69 Å². The Balaban J connectivity index is 1.43. The van der Waals surface area contributed by atoms with Gasteiger partial charge in [0.2, 0.25) is 11.8 Å². The maximum atomic E-state index is 12.3. The van der Waals surface area contributed by atoms with Crippen LogP contribution in [0, 0.1) is 0 Å². The second kappa shape index (κ2) is 9.24. The number of nitrogens with zero attached hydrogens (tertiary/aromatic N) is 2. The zero-order valence-corrected chi connectivity index (χ0v) is 15.7. The Morgan fingerprint density at radius 1 is 1.00 bits per heavy atom. The highest BCUT2D eigenvalue weighted by Gasteiger charge is 2.21. The predicted octanol–water partition coefficient (Wildman–Crippen LogP) is 2.82. The van der Waals surface area contributed by atoms with Crippen LogP contribution in [-0.2, 0) is 9.59 Å². The first-order valence-electron chi connectivity index (χ1n) is 8.91. The number of carbonyl (C=O) groups is 2. The summed E-state index contributed by atoms with van der Waals surface area (Å²) in [5, 5.41) is 3.36. The third-order valence-corrected chi connectivity index (χ3v) is 4.68. The normalized spacial score (nSPS) is 14.4. The molecule has 0 bridgehead atoms. The minimum atomic E-state index is -0.273. The summed E-state index contributed by atoms with van der Waals surface area (Å²) in [6.07, 6.45) is 3.17. The molecule has 0 radical (unpaired) electrons. The molecule has 2 aromatic carbocycles. The van der Waals surface area contributed by atoms with E-state index in [1.54, 1.807) is 11.0 Å². The molecule has 0 atom stereocenters. The van der Waals surface area contributed by atoms with E-state index in [0.29, 0.717) is 18.1 Å². The van der Waals surface area contributed by atoms with Gasteiger partial charge < -0.3 is 15.1 Å². The van der Waals surface area contributed by atoms with Crippen LogP contribution in [0.5, 0.6) is 0 Å². The Labute approximate surface area is 164 Å². The lowest BCUT2D eigenvalue weighted by Crippen LogP contribution is -2.51. The molecule has 2 aromatic rings. The molecule has 0 aliphatic carbocycles. The van der Waals surface area contributed by atoms with E-state index >= 15 is 0 Å². The van der Waals surface area contributed by atoms with Gasteiger partial charge in [0.05, 0.1) is 6.54 Å². The molecule has 140 valence electrons. The highest BCUT2D eigenvalue weighted by Crippen LogP contribution is 2.20. The molecule has 0 unspecified atom stereocenters. The number of carbonyl (C=O) groups excluding carboxylic acids is 2. The third-order valence-electron chi connectivity index (χ3n) is 4.45. The van der Waals surface area contributed by atoms with Gasteiger partial charge in [-0.15, -0.1) is 0 Å². The average molecular weight is 384 g/mol. The molecule has 1 saturated heterocycles. The Bertz CT molecular complexity index is 815. The average Bonchev–Trinajstić information content (AvgIpc) is 2.71. The predicted molar refractivity (Wildman–Crippen MR) is 109 cm³/mol. The van der Waals surface area contributed by atoms with Crippen molar-refractivity contribution in [3.63, 3.8) is 0 Å². The van der Waals surface area contributed by atoms with Gasteiger partial charge in [0.15, 0.2) is 0 Å². The van der Waals surface area contributed by atoms with Crippen LogP contribution < -0.4 is 10.2 Å². The van der Waals surface area contributed by atoms with E-state index in [1.807, 2.05) is 54.6 Å². The molecular formula is C21H22ClN3O2. The fourth-order valence-corrected chi connectivity index (χ4v) is 3.14. The Hall–Kier alpha value is -2.79. The molecule has 1 aliphatic rings. The van der Waals surface area contributed by atoms with Crippen molar-refractivity contribution in [2.75, 3.05) is 37.6 Å². The van der Waals surface area contributed by atoms with E-state index < -0.39 is 0 Å². The molecule has 2 amide bonds. The Morgan fingerprint density at radius 2 is 1.74 bits per heavy atom. The molecule has 1 N–H and O–H groups in total. The quantitative estimate of drug-likeness (QED) is 0.808. The zero-order valence-electron chi connectivity index (χ0n) is 15.0. The molecule has 6 heteroatoms. The molecule has 1 heterocycles. The molecule has 3 rings (SSSR count). The summed E-state index contributed by atoms with van der Waals surface area (Å²) in [7, 11) is 0. The van der Waals surface area contributed by atoms with E-state index in [-0.39, 0.29) is 18.4 Å². The van der Waals surface area contributed by atoms with Gasteiger partial charge in [-0.05, 0) is 29.8 Å². The first kappa shape index (κ1) is 19.0. The first-order valence-corrected chi connectivity index (χ1v) is 9.29. The van der Waals surface area contributed by atoms with Crippen LogP contribution in [0.25, 0.3) is 6.08 Å². The molecule has 27 heavy (non-hydrogen) atoms. The first-order chi connectivity index (χ1) is 13.1. The SMILES string of the molecule is O=C(/C=C/c1ccccc1)NCC(=O)N1CCN(c2cccc(Cl)c2)CC1. The number of amides is 2. The lowest BCUT2D eigenvalue weighted by molar-refractivity contribution is -0.132. The van der Waals surface area contributed by atoms with Crippen molar-refractivity contribution >= 4 is 35.2 Å². The Morgan fingerprint density at radius 3 is 2.44 bits per heavy atom. The van der Waals surface area contributed by atoms with Gasteiger partial charge in [0.25, 0.3) is 0 Å². The van der Waals surface area contributed by atoms with Crippen LogP contribution in [-0.4, -0.2) is 49.4 Å². The molecule has 1 fully saturated rings. The number of hydrogen-bond donors (Lipinski definition) is 1. The lowest BCUT2D eigenvalue weighted by atomic mass is 10.2. The van der Waals surface area contributed by atoms with Gasteiger partial charge in [-0.25, -0.2) is 0 Å². The minimum Gasteiger partial charge on any atom is -0.368 e. The monoisotopic (exact) mass is 383 g/mol. The summed E-state index contributed by atoms with van der Waals surface area (Å²) >= 11 is 6.04. The molecule has 0 spiro atoms. The van der Waals surface area contributed by atoms with E-state index in [1.165, 1.54) is 6.08 Å². The number of anilines is 1. The summed E-state index contributed by atoms with van der Waals surface area (Å²) in [5.74, 6) is -0.341. The third kappa shape index (κ3) is 5.59. The van der Waals surface area contributed by atoms with Crippen LogP contribution in [0.2, 0.25) is 5.02 Å². The van der Waals surface area contributed by atoms with Gasteiger partial charge in [-0.2, -0.15) is 0 Å². The van der Waals surface area contributed by atoms with Crippen LogP contribution >= 0.6 is 11.6 Å². The highest BCUT2D eigenvalue weighted by molar-refractivity contribution is 6.30. The number of benzene rings is 2. The number of rotatable bonds is 5. The number of nitrogens with one attached hydrogen (secondary N) is 1. The molecular weight excluding hydrogens is 362 g/mol. The summed E-state index contributed by atoms with van der Waals surface area (Å²) < 4.78 is 0. The van der Waals surface area contributed by atoms with E-state index in [2.05, 4.69) is 10.2 Å². The van der Waals surface area contributed by atoms with Gasteiger partial charge >= 0.3 is 0 Å². The van der Waals surface area contributed by atoms with E-state index in [0.717, 1.165) is 24.3 Å². The highest BCUT2D eigenvalue weighted by atomic mass is 35.5. The topological polar surface area (TPSA) is 52.7 Å². The molecule has 5 nitrogen and oxygen atoms in total. The lowest BCUT2D eigenvalue weighted by Gasteiger charge is -2.36. The van der Waals surface area contributed by atoms with Gasteiger partial charge in [-0.1, -0.05) is 48.0 Å². The minimum absolute atomic E-state index is 0.00906. The summed E-state index contributed by atoms with van der Waals surface area (Å²) in [6.45, 7) is 2.75. The second-order valence-electron chi connectivity index (χ2n) is 6.31. The number of piperazine rings is 1. The van der Waals surface area contributed by atoms with Crippen molar-refractivity contribution in [1.82, 2.24) is 10.2 Å². The summed E-state index contributed by atoms with van der Waals surface area (Å²) in [4.78, 5) is 28.2. The van der Waals surface area contributed by atoms with Gasteiger partial charge in [0, 0.05) is 43.0 Å². The van der Waals surface area contributed by atoms with Gasteiger partial charge in [-0.3, -0.25) is 9.59 Å². The molecule has 0 aromatic heterocycles. The molecule has 1 aliphatic heterocycles. The van der Waals surface area contributed by atoms with Crippen molar-refractivity contribution < 1.29 is 9.59 Å². The van der Waals surface area contributed by atoms with Crippen LogP contribution in [0.15, 0.2) is 60.7 Å². The summed E-state index contributed by atoms with van der Waals surface area (Å²) in [5.41, 5.74) is 2.00. The number of halogens is 1. The van der Waals surface area contributed by atoms with E-state index in [4.69, 9.17) is 11.6 Å². The van der Waals surface area contributed by atoms with Crippen LogP contribution in [0.1, 0.15) is 5.56 Å². The smallest absolute Gasteiger partial charge is 0.244 e. The Kier molecular flexibility index (Phi) is 6.49. The zero-order chi connectivity index (χ0) is 19.1. The molecule has 0 saturated carbocycles. The maximum absolute atomic E-state index is 12.3. The van der Waals surface area contributed by atoms with Gasteiger partial charge in [0.1, 0.15) is 0 Å². The van der Waals surface area contributed by atoms with Crippen molar-refractivity contribution in [3.05, 3.63) is 71.3 Å². The summed E-state index contributed by atoms with van der Waals surface area (Å²) in [6, 6.07) is 17.3. The standard InChI is InChI=1S/C21H22ClN3O2/c22-18-7-4-8-19(15-18)24-11-13-25(14-12-24)21(27)16-23-20(26)10-9-17-5-2-1-3-6-17/h1-10,15H,11-14,16H2,(H,23,26)/b10-9+. The fourth-order valence-electron chi connectivity index (χ4n) is 2.96. The maximum Gasteiger partial charge on any atom is 0.244 e. The number of hydrogen-bond acceptors (Lipinski definition) is 3. The van der Waals surface area contributed by atoms with Crippen molar-refractivity contribution in [1.29, 1.82) is 0 Å².